The van der Waals surface area contributed by atoms with E-state index in [0.29, 0.717) is 0 Å². The molecule has 1 heterocycles. The second-order valence-corrected chi connectivity index (χ2v) is 9.95. The molecule has 4 nitrogen and oxygen atoms in total. The Morgan fingerprint density at radius 1 is 1.31 bits per heavy atom. The van der Waals surface area contributed by atoms with Crippen molar-refractivity contribution in [1.82, 2.24) is 14.9 Å². The largest absolute Gasteiger partial charge is 0.354 e. The predicted octanol–water partition coefficient (Wildman–Crippen LogP) is 4.29. The minimum absolute atomic E-state index is 0.000970. The predicted molar refractivity (Wildman–Crippen MR) is 103 cm³/mol. The zero-order valence-corrected chi connectivity index (χ0v) is 16.0. The zero-order valence-electron chi connectivity index (χ0n) is 15.2. The lowest BCUT2D eigenvalue weighted by molar-refractivity contribution is -0.125. The maximum atomic E-state index is 12.9. The van der Waals surface area contributed by atoms with E-state index in [1.807, 2.05) is 35.8 Å². The Hall–Kier alpha value is -1.55. The van der Waals surface area contributed by atoms with E-state index in [4.69, 9.17) is 11.6 Å². The van der Waals surface area contributed by atoms with Gasteiger partial charge in [-0.3, -0.25) is 4.79 Å². The number of hydrogen-bond donors (Lipinski definition) is 1. The van der Waals surface area contributed by atoms with Crippen LogP contribution in [0.4, 0.5) is 0 Å². The minimum Gasteiger partial charge on any atom is -0.354 e. The van der Waals surface area contributed by atoms with E-state index in [2.05, 4.69) is 10.3 Å². The second kappa shape index (κ2) is 5.72. The number of benzene rings is 1. The normalized spacial score (nSPS) is 36.4. The smallest absolute Gasteiger partial charge is 0.242 e. The van der Waals surface area contributed by atoms with Crippen LogP contribution in [0.3, 0.4) is 0 Å². The SMILES string of the molecule is C[C@@H](C(=O)NCC12C[C@H]3C[C@@H](CC(Cl)(C3)C1)C2)n1cnc2ccccc21. The number of alkyl halides is 1. The summed E-state index contributed by atoms with van der Waals surface area (Å²) in [6, 6.07) is 7.69. The van der Waals surface area contributed by atoms with Gasteiger partial charge in [0.2, 0.25) is 5.91 Å². The Kier molecular flexibility index (Phi) is 3.66. The summed E-state index contributed by atoms with van der Waals surface area (Å²) in [6.07, 6.45) is 9.02. The molecule has 4 aliphatic carbocycles. The molecule has 6 rings (SSSR count). The lowest BCUT2D eigenvalue weighted by Gasteiger charge is -2.60. The van der Waals surface area contributed by atoms with Gasteiger partial charge < -0.3 is 9.88 Å². The Labute approximate surface area is 159 Å². The minimum atomic E-state index is -0.263. The highest BCUT2D eigenvalue weighted by atomic mass is 35.5. The maximum absolute atomic E-state index is 12.9. The van der Waals surface area contributed by atoms with Crippen molar-refractivity contribution in [3.05, 3.63) is 30.6 Å². The van der Waals surface area contributed by atoms with Crippen LogP contribution in [-0.2, 0) is 4.79 Å². The van der Waals surface area contributed by atoms with Crippen molar-refractivity contribution >= 4 is 28.5 Å². The molecule has 0 saturated heterocycles. The van der Waals surface area contributed by atoms with Crippen molar-refractivity contribution in [2.75, 3.05) is 6.54 Å². The Morgan fingerprint density at radius 2 is 2.04 bits per heavy atom. The molecule has 138 valence electrons. The number of imidazole rings is 1. The van der Waals surface area contributed by atoms with E-state index in [1.165, 1.54) is 32.1 Å². The van der Waals surface area contributed by atoms with Gasteiger partial charge in [-0.15, -0.1) is 11.6 Å². The summed E-state index contributed by atoms with van der Waals surface area (Å²) in [5.74, 6) is 1.61. The van der Waals surface area contributed by atoms with Gasteiger partial charge in [-0.25, -0.2) is 4.98 Å². The molecule has 3 atom stereocenters. The average Bonchev–Trinajstić information content (AvgIpc) is 3.01. The molecule has 1 aromatic carbocycles. The van der Waals surface area contributed by atoms with Gasteiger partial charge in [0.25, 0.3) is 0 Å². The van der Waals surface area contributed by atoms with E-state index in [-0.39, 0.29) is 22.2 Å². The van der Waals surface area contributed by atoms with Gasteiger partial charge in [-0.2, -0.15) is 0 Å². The molecule has 0 unspecified atom stereocenters. The number of aromatic nitrogens is 2. The number of nitrogens with one attached hydrogen (secondary N) is 1. The van der Waals surface area contributed by atoms with Crippen LogP contribution in [0.2, 0.25) is 0 Å². The lowest BCUT2D eigenvalue weighted by atomic mass is 9.49. The summed E-state index contributed by atoms with van der Waals surface area (Å²) in [4.78, 5) is 17.3. The fourth-order valence-corrected chi connectivity index (χ4v) is 7.10. The fourth-order valence-electron chi connectivity index (χ4n) is 6.38. The van der Waals surface area contributed by atoms with Crippen LogP contribution in [0.5, 0.6) is 0 Å². The number of para-hydroxylation sites is 2. The highest BCUT2D eigenvalue weighted by Crippen LogP contribution is 2.63. The summed E-state index contributed by atoms with van der Waals surface area (Å²) in [6.45, 7) is 2.72. The van der Waals surface area contributed by atoms with E-state index in [1.54, 1.807) is 6.33 Å². The number of carbonyl (C=O) groups is 1. The fraction of sp³-hybridized carbons (Fsp3) is 0.619. The monoisotopic (exact) mass is 371 g/mol. The van der Waals surface area contributed by atoms with Gasteiger partial charge in [0.05, 0.1) is 17.4 Å². The van der Waals surface area contributed by atoms with Gasteiger partial charge in [-0.1, -0.05) is 12.1 Å². The third-order valence-corrected chi connectivity index (χ3v) is 7.47. The molecule has 2 aromatic rings. The lowest BCUT2D eigenvalue weighted by Crippen LogP contribution is -2.56. The first kappa shape index (κ1) is 16.6. The highest BCUT2D eigenvalue weighted by Gasteiger charge is 2.57. The van der Waals surface area contributed by atoms with Crippen molar-refractivity contribution in [2.45, 2.75) is 56.4 Å². The molecule has 0 aliphatic heterocycles. The number of rotatable bonds is 4. The third kappa shape index (κ3) is 2.65. The van der Waals surface area contributed by atoms with E-state index in [9.17, 15) is 4.79 Å². The first-order valence-electron chi connectivity index (χ1n) is 9.84. The Morgan fingerprint density at radius 3 is 2.77 bits per heavy atom. The molecule has 26 heavy (non-hydrogen) atoms. The third-order valence-electron chi connectivity index (χ3n) is 7.03. The van der Waals surface area contributed by atoms with Crippen LogP contribution >= 0.6 is 11.6 Å². The molecule has 1 N–H and O–H groups in total. The quantitative estimate of drug-likeness (QED) is 0.815. The van der Waals surface area contributed by atoms with Gasteiger partial charge in [-0.05, 0) is 74.8 Å². The molecule has 0 spiro atoms. The van der Waals surface area contributed by atoms with Crippen LogP contribution in [0, 0.1) is 17.3 Å². The van der Waals surface area contributed by atoms with Crippen LogP contribution in [0.1, 0.15) is 51.5 Å². The number of fused-ring (bicyclic) bond motifs is 1. The molecule has 4 aliphatic rings. The average molecular weight is 372 g/mol. The molecule has 5 heteroatoms. The summed E-state index contributed by atoms with van der Waals surface area (Å²) in [5.41, 5.74) is 2.15. The van der Waals surface area contributed by atoms with Gasteiger partial charge in [0.1, 0.15) is 6.04 Å². The zero-order chi connectivity index (χ0) is 17.9. The highest BCUT2D eigenvalue weighted by molar-refractivity contribution is 6.24. The summed E-state index contributed by atoms with van der Waals surface area (Å²) in [7, 11) is 0. The van der Waals surface area contributed by atoms with Crippen molar-refractivity contribution in [3.8, 4) is 0 Å². The molecule has 4 bridgehead atoms. The first-order chi connectivity index (χ1) is 12.5. The summed E-state index contributed by atoms with van der Waals surface area (Å²) in [5, 5.41) is 3.26. The van der Waals surface area contributed by atoms with Crippen LogP contribution < -0.4 is 5.32 Å². The number of carbonyl (C=O) groups excluding carboxylic acids is 1. The number of amides is 1. The maximum Gasteiger partial charge on any atom is 0.242 e. The molecular formula is C21H26ClN3O. The first-order valence-corrected chi connectivity index (χ1v) is 10.2. The van der Waals surface area contributed by atoms with Gasteiger partial charge >= 0.3 is 0 Å². The molecule has 4 fully saturated rings. The van der Waals surface area contributed by atoms with Gasteiger partial charge in [0, 0.05) is 11.4 Å². The van der Waals surface area contributed by atoms with Crippen molar-refractivity contribution < 1.29 is 4.79 Å². The van der Waals surface area contributed by atoms with Crippen molar-refractivity contribution in [3.63, 3.8) is 0 Å². The van der Waals surface area contributed by atoms with Crippen molar-refractivity contribution in [2.24, 2.45) is 17.3 Å². The topological polar surface area (TPSA) is 46.9 Å². The van der Waals surface area contributed by atoms with E-state index >= 15 is 0 Å². The molecule has 1 aromatic heterocycles. The number of hydrogen-bond acceptors (Lipinski definition) is 2. The van der Waals surface area contributed by atoms with Crippen molar-refractivity contribution in [1.29, 1.82) is 0 Å². The molecule has 4 saturated carbocycles. The standard InChI is InChI=1S/C21H26ClN3O/c1-14(25-13-24-17-4-2-3-5-18(17)25)19(26)23-12-20-7-15-6-16(8-20)10-21(22,9-15)11-20/h2-5,13-16H,6-12H2,1H3,(H,23,26)/t14-,15+,16+,20?,21?/m0/s1. The Bertz CT molecular complexity index is 846. The second-order valence-electron chi connectivity index (χ2n) is 9.15. The summed E-state index contributed by atoms with van der Waals surface area (Å²) < 4.78 is 1.97. The van der Waals surface area contributed by atoms with Crippen LogP contribution in [-0.4, -0.2) is 26.9 Å². The number of nitrogens with zero attached hydrogens (tertiary/aromatic N) is 2. The molecular weight excluding hydrogens is 346 g/mol. The molecule has 1 amide bonds. The summed E-state index contributed by atoms with van der Waals surface area (Å²) >= 11 is 6.92. The van der Waals surface area contributed by atoms with Crippen LogP contribution in [0.25, 0.3) is 11.0 Å². The van der Waals surface area contributed by atoms with E-state index < -0.39 is 0 Å². The van der Waals surface area contributed by atoms with Crippen LogP contribution in [0.15, 0.2) is 30.6 Å². The molecule has 0 radical (unpaired) electrons. The van der Waals surface area contributed by atoms with Gasteiger partial charge in [0.15, 0.2) is 0 Å². The van der Waals surface area contributed by atoms with E-state index in [0.717, 1.165) is 35.8 Å². The number of halogens is 1. The Balaban J connectivity index is 1.30.